The molecule has 0 aliphatic carbocycles. The molecule has 2 aliphatic heterocycles. The fourth-order valence-electron chi connectivity index (χ4n) is 4.14. The van der Waals surface area contributed by atoms with Crippen LogP contribution in [0, 0.1) is 6.92 Å². The monoisotopic (exact) mass is 480 g/mol. The van der Waals surface area contributed by atoms with E-state index in [9.17, 15) is 0 Å². The Hall–Kier alpha value is -1.72. The molecule has 3 aromatic rings. The molecule has 0 saturated carbocycles. The molecule has 4 atom stereocenters. The average Bonchev–Trinajstić information content (AvgIpc) is 3.29. The van der Waals surface area contributed by atoms with Crippen molar-refractivity contribution in [2.45, 2.75) is 56.1 Å². The van der Waals surface area contributed by atoms with Crippen LogP contribution in [0.5, 0.6) is 0 Å². The summed E-state index contributed by atoms with van der Waals surface area (Å²) in [4.78, 5) is 1.22. The number of aryl methyl sites for hydroxylation is 1. The molecule has 2 fully saturated rings. The summed E-state index contributed by atoms with van der Waals surface area (Å²) in [7, 11) is -1.04. The van der Waals surface area contributed by atoms with Crippen molar-refractivity contribution in [3.63, 3.8) is 0 Å². The molecule has 0 unspecified atom stereocenters. The van der Waals surface area contributed by atoms with E-state index in [-0.39, 0.29) is 18.3 Å². The third kappa shape index (κ3) is 5.35. The molecule has 33 heavy (non-hydrogen) atoms. The largest absolute Gasteiger partial charge is 0.343 e. The number of ether oxygens (including phenoxy) is 3. The summed E-state index contributed by atoms with van der Waals surface area (Å²) in [6.45, 7) is 5.96. The van der Waals surface area contributed by atoms with Crippen molar-refractivity contribution in [3.05, 3.63) is 90.5 Å². The van der Waals surface area contributed by atoms with Crippen LogP contribution >= 0.6 is 19.9 Å². The van der Waals surface area contributed by atoms with Gasteiger partial charge in [0.2, 0.25) is 0 Å². The Kier molecular flexibility index (Phi) is 6.89. The van der Waals surface area contributed by atoms with Crippen LogP contribution in [-0.2, 0) is 18.7 Å². The maximum atomic E-state index is 6.93. The van der Waals surface area contributed by atoms with E-state index in [4.69, 9.17) is 18.7 Å². The molecule has 0 radical (unpaired) electrons. The van der Waals surface area contributed by atoms with Crippen molar-refractivity contribution < 1.29 is 18.7 Å². The Bertz CT molecular complexity index is 1010. The minimum atomic E-state index is -1.04. The van der Waals surface area contributed by atoms with Gasteiger partial charge in [0, 0.05) is 21.3 Å². The highest BCUT2D eigenvalue weighted by Crippen LogP contribution is 2.46. The Morgan fingerprint density at radius 1 is 0.848 bits per heavy atom. The smallest absolute Gasteiger partial charge is 0.190 e. The second-order valence-electron chi connectivity index (χ2n) is 8.80. The summed E-state index contributed by atoms with van der Waals surface area (Å²) in [5.41, 5.74) is 1.26. The van der Waals surface area contributed by atoms with Gasteiger partial charge in [0.15, 0.2) is 12.1 Å². The second-order valence-corrected chi connectivity index (χ2v) is 11.7. The van der Waals surface area contributed by atoms with Crippen LogP contribution < -0.4 is 10.6 Å². The van der Waals surface area contributed by atoms with E-state index in [2.05, 4.69) is 79.7 Å². The highest BCUT2D eigenvalue weighted by atomic mass is 32.2. The van der Waals surface area contributed by atoms with Gasteiger partial charge < -0.3 is 18.7 Å². The molecule has 172 valence electrons. The fraction of sp³-hybridized carbons (Fsp3) is 0.333. The standard InChI is InChI=1S/C27H29O4PS/c1-19-14-16-22(17-15-19)33-18-23-24(25-26(28-23)30-27(2,3)29-25)31-32(20-10-6-4-7-11-20)21-12-8-5-9-13-21/h4-17,23-26H,18H2,1-3H3/t23-,24+,25-,26-/m1/s1. The van der Waals surface area contributed by atoms with Gasteiger partial charge >= 0.3 is 0 Å². The molecule has 4 nitrogen and oxygen atoms in total. The summed E-state index contributed by atoms with van der Waals surface area (Å²) < 4.78 is 25.7. The Morgan fingerprint density at radius 3 is 2.06 bits per heavy atom. The predicted molar refractivity (Wildman–Crippen MR) is 135 cm³/mol. The number of thioether (sulfide) groups is 1. The summed E-state index contributed by atoms with van der Waals surface area (Å²) in [6.07, 6.45) is -1.06. The third-order valence-corrected chi connectivity index (χ3v) is 8.82. The van der Waals surface area contributed by atoms with Crippen LogP contribution in [0.15, 0.2) is 89.8 Å². The first-order valence-corrected chi connectivity index (χ1v) is 13.5. The van der Waals surface area contributed by atoms with Gasteiger partial charge in [-0.25, -0.2) is 0 Å². The molecular weight excluding hydrogens is 451 g/mol. The number of hydrogen-bond donors (Lipinski definition) is 0. The molecule has 0 bridgehead atoms. The van der Waals surface area contributed by atoms with E-state index in [1.807, 2.05) is 26.0 Å². The zero-order valence-electron chi connectivity index (χ0n) is 19.1. The zero-order valence-corrected chi connectivity index (χ0v) is 20.8. The van der Waals surface area contributed by atoms with Crippen molar-refractivity contribution in [1.82, 2.24) is 0 Å². The minimum absolute atomic E-state index is 0.139. The van der Waals surface area contributed by atoms with Crippen molar-refractivity contribution in [3.8, 4) is 0 Å². The average molecular weight is 481 g/mol. The van der Waals surface area contributed by atoms with Crippen molar-refractivity contribution in [1.29, 1.82) is 0 Å². The molecule has 2 heterocycles. The second kappa shape index (κ2) is 9.87. The van der Waals surface area contributed by atoms with Crippen molar-refractivity contribution in [2.75, 3.05) is 5.75 Å². The number of hydrogen-bond acceptors (Lipinski definition) is 5. The van der Waals surface area contributed by atoms with E-state index >= 15 is 0 Å². The molecule has 6 heteroatoms. The molecule has 0 aromatic heterocycles. The lowest BCUT2D eigenvalue weighted by atomic mass is 10.1. The molecular formula is C27H29O4PS. The lowest BCUT2D eigenvalue weighted by molar-refractivity contribution is -0.210. The highest BCUT2D eigenvalue weighted by molar-refractivity contribution is 7.99. The van der Waals surface area contributed by atoms with Gasteiger partial charge in [-0.3, -0.25) is 0 Å². The van der Waals surface area contributed by atoms with Crippen LogP contribution in [0.25, 0.3) is 0 Å². The number of fused-ring (bicyclic) bond motifs is 1. The van der Waals surface area contributed by atoms with Gasteiger partial charge in [0.05, 0.1) is 14.3 Å². The molecule has 0 amide bonds. The van der Waals surface area contributed by atoms with Crippen LogP contribution in [0.3, 0.4) is 0 Å². The predicted octanol–water partition coefficient (Wildman–Crippen LogP) is 5.40. The van der Waals surface area contributed by atoms with Crippen LogP contribution in [0.1, 0.15) is 19.4 Å². The van der Waals surface area contributed by atoms with E-state index in [0.29, 0.717) is 0 Å². The maximum absolute atomic E-state index is 6.93. The Balaban J connectivity index is 1.41. The normalized spacial score (nSPS) is 25.9. The Morgan fingerprint density at radius 2 is 1.45 bits per heavy atom. The summed E-state index contributed by atoms with van der Waals surface area (Å²) in [5.74, 6) is 0.0783. The first kappa shape index (κ1) is 23.0. The van der Waals surface area contributed by atoms with Gasteiger partial charge in [-0.15, -0.1) is 11.8 Å². The lowest BCUT2D eigenvalue weighted by Crippen LogP contribution is -2.38. The van der Waals surface area contributed by atoms with Crippen molar-refractivity contribution >= 4 is 30.5 Å². The molecule has 5 rings (SSSR count). The van der Waals surface area contributed by atoms with Crippen LogP contribution in [0.4, 0.5) is 0 Å². The van der Waals surface area contributed by atoms with E-state index in [0.717, 1.165) is 5.75 Å². The Labute approximate surface area is 201 Å². The van der Waals surface area contributed by atoms with E-state index in [1.54, 1.807) is 11.8 Å². The summed E-state index contributed by atoms with van der Waals surface area (Å²) >= 11 is 1.78. The summed E-state index contributed by atoms with van der Waals surface area (Å²) in [5, 5.41) is 2.34. The first-order valence-electron chi connectivity index (χ1n) is 11.3. The van der Waals surface area contributed by atoms with Crippen LogP contribution in [0.2, 0.25) is 0 Å². The molecule has 2 aliphatic rings. The van der Waals surface area contributed by atoms with Gasteiger partial charge in [0.25, 0.3) is 0 Å². The maximum Gasteiger partial charge on any atom is 0.190 e. The van der Waals surface area contributed by atoms with Crippen molar-refractivity contribution in [2.24, 2.45) is 0 Å². The third-order valence-electron chi connectivity index (χ3n) is 5.73. The molecule has 3 aromatic carbocycles. The highest BCUT2D eigenvalue weighted by Gasteiger charge is 2.56. The zero-order chi connectivity index (χ0) is 22.8. The SMILES string of the molecule is Cc1ccc(SC[C@H]2O[C@@H]3OC(C)(C)O[C@@H]3[C@H]2OP(c2ccccc2)c2ccccc2)cc1. The van der Waals surface area contributed by atoms with E-state index < -0.39 is 20.2 Å². The quantitative estimate of drug-likeness (QED) is 0.335. The minimum Gasteiger partial charge on any atom is -0.343 e. The van der Waals surface area contributed by atoms with Gasteiger partial charge in [-0.2, -0.15) is 0 Å². The lowest BCUT2D eigenvalue weighted by Gasteiger charge is -2.29. The summed E-state index contributed by atoms with van der Waals surface area (Å²) in [6, 6.07) is 29.5. The van der Waals surface area contributed by atoms with Gasteiger partial charge in [-0.05, 0) is 32.9 Å². The topological polar surface area (TPSA) is 36.9 Å². The first-order chi connectivity index (χ1) is 16.0. The van der Waals surface area contributed by atoms with E-state index in [1.165, 1.54) is 21.1 Å². The number of rotatable bonds is 7. The molecule has 0 spiro atoms. The van der Waals surface area contributed by atoms with Gasteiger partial charge in [0.1, 0.15) is 12.2 Å². The fourth-order valence-corrected chi connectivity index (χ4v) is 7.02. The van der Waals surface area contributed by atoms with Gasteiger partial charge in [-0.1, -0.05) is 78.4 Å². The number of benzene rings is 3. The molecule has 0 N–H and O–H groups in total. The van der Waals surface area contributed by atoms with Crippen LogP contribution in [-0.4, -0.2) is 36.1 Å². The molecule has 2 saturated heterocycles.